The third-order valence-electron chi connectivity index (χ3n) is 2.89. The molecule has 0 bridgehead atoms. The fourth-order valence-corrected chi connectivity index (χ4v) is 3.26. The lowest BCUT2D eigenvalue weighted by molar-refractivity contribution is 0.597. The number of hydrogen-bond donors (Lipinski definition) is 1. The van der Waals surface area contributed by atoms with Gasteiger partial charge in [-0.2, -0.15) is 0 Å². The summed E-state index contributed by atoms with van der Waals surface area (Å²) in [6.45, 7) is 1.05. The van der Waals surface area contributed by atoms with Gasteiger partial charge in [-0.05, 0) is 24.6 Å². The van der Waals surface area contributed by atoms with E-state index in [4.69, 9.17) is 5.73 Å². The number of rotatable bonds is 1. The smallest absolute Gasteiger partial charge is 0.152 e. The standard InChI is InChI=1S/C11H15FN2O2S/c12-9-2-3-11(10(13)8-9)14-4-1-6-17(15,16)7-5-14/h2-3,8H,1,4-7,13H2. The van der Waals surface area contributed by atoms with Crippen molar-refractivity contribution < 1.29 is 12.8 Å². The Balaban J connectivity index is 2.23. The molecular weight excluding hydrogens is 243 g/mol. The van der Waals surface area contributed by atoms with Crippen LogP contribution >= 0.6 is 0 Å². The van der Waals surface area contributed by atoms with Gasteiger partial charge < -0.3 is 10.6 Å². The van der Waals surface area contributed by atoms with Crippen LogP contribution in [0.4, 0.5) is 15.8 Å². The van der Waals surface area contributed by atoms with Gasteiger partial charge in [0, 0.05) is 13.1 Å². The van der Waals surface area contributed by atoms with Crippen LogP contribution in [0.1, 0.15) is 6.42 Å². The van der Waals surface area contributed by atoms with Crippen molar-refractivity contribution in [2.75, 3.05) is 35.2 Å². The van der Waals surface area contributed by atoms with E-state index in [9.17, 15) is 12.8 Å². The van der Waals surface area contributed by atoms with Crippen molar-refractivity contribution in [1.82, 2.24) is 0 Å². The first-order chi connectivity index (χ1) is 7.98. The summed E-state index contributed by atoms with van der Waals surface area (Å²) in [6.07, 6.45) is 0.582. The first-order valence-corrected chi connectivity index (χ1v) is 7.30. The van der Waals surface area contributed by atoms with Crippen molar-refractivity contribution in [2.24, 2.45) is 0 Å². The number of sulfone groups is 1. The molecule has 1 aromatic rings. The van der Waals surface area contributed by atoms with E-state index in [1.54, 1.807) is 6.07 Å². The molecule has 1 aliphatic rings. The van der Waals surface area contributed by atoms with Gasteiger partial charge in [0.15, 0.2) is 9.84 Å². The number of benzene rings is 1. The zero-order valence-corrected chi connectivity index (χ0v) is 10.2. The molecular formula is C11H15FN2O2S. The van der Waals surface area contributed by atoms with Crippen LogP contribution in [0.5, 0.6) is 0 Å². The van der Waals surface area contributed by atoms with E-state index in [-0.39, 0.29) is 17.3 Å². The molecule has 0 radical (unpaired) electrons. The maximum atomic E-state index is 12.9. The van der Waals surface area contributed by atoms with E-state index >= 15 is 0 Å². The number of nitrogens with zero attached hydrogens (tertiary/aromatic N) is 1. The Hall–Kier alpha value is -1.30. The fourth-order valence-electron chi connectivity index (χ4n) is 1.99. The minimum atomic E-state index is -2.94. The molecule has 17 heavy (non-hydrogen) atoms. The van der Waals surface area contributed by atoms with Crippen molar-refractivity contribution in [3.63, 3.8) is 0 Å². The number of anilines is 2. The number of nitrogens with two attached hydrogens (primary N) is 1. The summed E-state index contributed by atoms with van der Waals surface area (Å²) < 4.78 is 35.9. The maximum Gasteiger partial charge on any atom is 0.152 e. The van der Waals surface area contributed by atoms with Gasteiger partial charge in [-0.25, -0.2) is 12.8 Å². The van der Waals surface area contributed by atoms with Gasteiger partial charge in [0.1, 0.15) is 5.82 Å². The first kappa shape index (κ1) is 12.2. The van der Waals surface area contributed by atoms with Gasteiger partial charge in [0.2, 0.25) is 0 Å². The normalized spacial score (nSPS) is 19.9. The second-order valence-corrected chi connectivity index (χ2v) is 6.50. The Morgan fingerprint density at radius 2 is 2.00 bits per heavy atom. The van der Waals surface area contributed by atoms with Crippen molar-refractivity contribution in [3.05, 3.63) is 24.0 Å². The Bertz CT molecular complexity index is 516. The van der Waals surface area contributed by atoms with E-state index in [1.165, 1.54) is 12.1 Å². The largest absolute Gasteiger partial charge is 0.397 e. The Morgan fingerprint density at radius 3 is 2.71 bits per heavy atom. The molecule has 0 saturated carbocycles. The molecule has 0 spiro atoms. The molecule has 0 aliphatic carbocycles. The second-order valence-electron chi connectivity index (χ2n) is 4.20. The summed E-state index contributed by atoms with van der Waals surface area (Å²) in [6, 6.07) is 4.20. The maximum absolute atomic E-state index is 12.9. The molecule has 1 saturated heterocycles. The Labute approximate surface area is 100 Å². The van der Waals surface area contributed by atoms with Crippen LogP contribution in [0.25, 0.3) is 0 Å². The summed E-state index contributed by atoms with van der Waals surface area (Å²) in [4.78, 5) is 1.90. The third kappa shape index (κ3) is 2.88. The summed E-state index contributed by atoms with van der Waals surface area (Å²) in [5.74, 6) is -0.0392. The fraction of sp³-hybridized carbons (Fsp3) is 0.455. The Morgan fingerprint density at radius 1 is 1.24 bits per heavy atom. The van der Waals surface area contributed by atoms with Gasteiger partial charge >= 0.3 is 0 Å². The van der Waals surface area contributed by atoms with Crippen LogP contribution in [0.2, 0.25) is 0 Å². The molecule has 4 nitrogen and oxygen atoms in total. The predicted octanol–water partition coefficient (Wildman–Crippen LogP) is 1.03. The highest BCUT2D eigenvalue weighted by Gasteiger charge is 2.20. The molecule has 0 atom stereocenters. The summed E-state index contributed by atoms with van der Waals surface area (Å²) >= 11 is 0. The quantitative estimate of drug-likeness (QED) is 0.764. The molecule has 1 fully saturated rings. The van der Waals surface area contributed by atoms with Crippen molar-refractivity contribution in [1.29, 1.82) is 0 Å². The Kier molecular flexibility index (Phi) is 3.24. The molecule has 0 amide bonds. The predicted molar refractivity (Wildman–Crippen MR) is 66.3 cm³/mol. The molecule has 0 unspecified atom stereocenters. The van der Waals surface area contributed by atoms with Gasteiger partial charge in [0.05, 0.1) is 22.9 Å². The highest BCUT2D eigenvalue weighted by atomic mass is 32.2. The average molecular weight is 258 g/mol. The van der Waals surface area contributed by atoms with Crippen LogP contribution in [-0.2, 0) is 9.84 Å². The summed E-state index contributed by atoms with van der Waals surface area (Å²) in [7, 11) is -2.94. The number of nitrogen functional groups attached to an aromatic ring is 1. The van der Waals surface area contributed by atoms with Gasteiger partial charge in [-0.15, -0.1) is 0 Å². The molecule has 0 aromatic heterocycles. The summed E-state index contributed by atoms with van der Waals surface area (Å²) in [5.41, 5.74) is 6.80. The van der Waals surface area contributed by atoms with Crippen molar-refractivity contribution in [2.45, 2.75) is 6.42 Å². The molecule has 2 N–H and O–H groups in total. The highest BCUT2D eigenvalue weighted by Crippen LogP contribution is 2.25. The molecule has 2 rings (SSSR count). The monoisotopic (exact) mass is 258 g/mol. The van der Waals surface area contributed by atoms with Crippen molar-refractivity contribution in [3.8, 4) is 0 Å². The summed E-state index contributed by atoms with van der Waals surface area (Å²) in [5, 5.41) is 0. The lowest BCUT2D eigenvalue weighted by Gasteiger charge is -2.23. The van der Waals surface area contributed by atoms with E-state index in [0.29, 0.717) is 30.9 Å². The lowest BCUT2D eigenvalue weighted by Crippen LogP contribution is -2.27. The molecule has 1 aliphatic heterocycles. The van der Waals surface area contributed by atoms with Crippen LogP contribution in [-0.4, -0.2) is 33.0 Å². The highest BCUT2D eigenvalue weighted by molar-refractivity contribution is 7.91. The molecule has 1 heterocycles. The van der Waals surface area contributed by atoms with Crippen LogP contribution < -0.4 is 10.6 Å². The first-order valence-electron chi connectivity index (χ1n) is 5.48. The third-order valence-corrected chi connectivity index (χ3v) is 4.60. The van der Waals surface area contributed by atoms with Crippen LogP contribution in [0, 0.1) is 5.82 Å². The lowest BCUT2D eigenvalue weighted by atomic mass is 10.2. The van der Waals surface area contributed by atoms with Gasteiger partial charge in [-0.3, -0.25) is 0 Å². The van der Waals surface area contributed by atoms with Gasteiger partial charge in [-0.1, -0.05) is 0 Å². The minimum absolute atomic E-state index is 0.129. The molecule has 94 valence electrons. The SMILES string of the molecule is Nc1cc(F)ccc1N1CCCS(=O)(=O)CC1. The molecule has 6 heteroatoms. The van der Waals surface area contributed by atoms with Crippen LogP contribution in [0.15, 0.2) is 18.2 Å². The van der Waals surface area contributed by atoms with E-state index < -0.39 is 9.84 Å². The zero-order chi connectivity index (χ0) is 12.5. The van der Waals surface area contributed by atoms with Gasteiger partial charge in [0.25, 0.3) is 0 Å². The van der Waals surface area contributed by atoms with E-state index in [1.807, 2.05) is 4.90 Å². The van der Waals surface area contributed by atoms with Crippen LogP contribution in [0.3, 0.4) is 0 Å². The zero-order valence-electron chi connectivity index (χ0n) is 9.39. The molecule has 1 aromatic carbocycles. The second kappa shape index (κ2) is 4.52. The minimum Gasteiger partial charge on any atom is -0.397 e. The number of hydrogen-bond acceptors (Lipinski definition) is 4. The van der Waals surface area contributed by atoms with E-state index in [0.717, 1.165) is 0 Å². The average Bonchev–Trinajstić information content (AvgIpc) is 2.40. The topological polar surface area (TPSA) is 63.4 Å². The number of halogens is 1. The van der Waals surface area contributed by atoms with E-state index in [2.05, 4.69) is 0 Å². The van der Waals surface area contributed by atoms with Crippen molar-refractivity contribution >= 4 is 21.2 Å².